The number of nitrogens with zero attached hydrogens (tertiary/aromatic N) is 2. The highest BCUT2D eigenvalue weighted by Gasteiger charge is 2.42. The second-order valence-corrected chi connectivity index (χ2v) is 9.87. The summed E-state index contributed by atoms with van der Waals surface area (Å²) in [6.45, 7) is 0.779. The van der Waals surface area contributed by atoms with E-state index < -0.39 is 15.8 Å². The first-order valence-electron chi connectivity index (χ1n) is 8.25. The monoisotopic (exact) mass is 428 g/mol. The maximum absolute atomic E-state index is 12.7. The van der Waals surface area contributed by atoms with E-state index >= 15 is 0 Å². The molecule has 0 N–H and O–H groups in total. The molecule has 2 heterocycles. The number of rotatable bonds is 4. The van der Waals surface area contributed by atoms with Gasteiger partial charge in [0.15, 0.2) is 9.84 Å². The molecule has 3 rings (SSSR count). The molecule has 2 saturated heterocycles. The molecule has 6 nitrogen and oxygen atoms in total. The third-order valence-corrected chi connectivity index (χ3v) is 7.42. The number of carbonyl (C=O) groups excluding carboxylic acids is 2. The van der Waals surface area contributed by atoms with Gasteiger partial charge in [-0.15, -0.1) is 0 Å². The van der Waals surface area contributed by atoms with E-state index in [1.165, 1.54) is 0 Å². The summed E-state index contributed by atoms with van der Waals surface area (Å²) < 4.78 is 24.2. The van der Waals surface area contributed by atoms with E-state index in [0.29, 0.717) is 19.5 Å². The van der Waals surface area contributed by atoms with Crippen LogP contribution < -0.4 is 0 Å². The van der Waals surface area contributed by atoms with Crippen molar-refractivity contribution in [2.24, 2.45) is 5.92 Å². The number of benzene rings is 1. The van der Waals surface area contributed by atoms with E-state index in [-0.39, 0.29) is 35.8 Å². The average Bonchev–Trinajstić information content (AvgIpc) is 3.11. The standard InChI is InChI=1S/C17H21BrN2O4S/c1-19(9-12-4-2-3-5-15(12)18)17(22)13-8-16(21)20(10-13)14-6-7-25(23,24)11-14/h2-5,13-14H,6-11H2,1H3. The van der Waals surface area contributed by atoms with Gasteiger partial charge >= 0.3 is 0 Å². The van der Waals surface area contributed by atoms with Crippen LogP contribution in [0.25, 0.3) is 0 Å². The molecule has 2 aliphatic rings. The Bertz CT molecular complexity index is 796. The van der Waals surface area contributed by atoms with Crippen LogP contribution in [0.15, 0.2) is 28.7 Å². The number of carbonyl (C=O) groups is 2. The predicted octanol–water partition coefficient (Wildman–Crippen LogP) is 1.44. The molecule has 2 fully saturated rings. The van der Waals surface area contributed by atoms with Crippen molar-refractivity contribution in [2.75, 3.05) is 25.1 Å². The van der Waals surface area contributed by atoms with Gasteiger partial charge in [-0.25, -0.2) is 8.42 Å². The Kier molecular flexibility index (Phi) is 5.20. The van der Waals surface area contributed by atoms with Crippen LogP contribution in [0.2, 0.25) is 0 Å². The van der Waals surface area contributed by atoms with Gasteiger partial charge in [0.05, 0.1) is 17.4 Å². The number of likely N-dealkylation sites (tertiary alicyclic amines) is 1. The molecule has 8 heteroatoms. The highest BCUT2D eigenvalue weighted by Crippen LogP contribution is 2.27. The van der Waals surface area contributed by atoms with Crippen LogP contribution in [-0.2, 0) is 26.0 Å². The molecule has 25 heavy (non-hydrogen) atoms. The summed E-state index contributed by atoms with van der Waals surface area (Å²) in [5.41, 5.74) is 1.00. The van der Waals surface area contributed by atoms with Crippen LogP contribution in [0.1, 0.15) is 18.4 Å². The van der Waals surface area contributed by atoms with Gasteiger partial charge < -0.3 is 9.80 Å². The summed E-state index contributed by atoms with van der Waals surface area (Å²) in [5, 5.41) is 0. The topological polar surface area (TPSA) is 74.8 Å². The average molecular weight is 429 g/mol. The normalized spacial score (nSPS) is 25.4. The van der Waals surface area contributed by atoms with Gasteiger partial charge in [-0.3, -0.25) is 9.59 Å². The van der Waals surface area contributed by atoms with Gasteiger partial charge in [-0.2, -0.15) is 0 Å². The lowest BCUT2D eigenvalue weighted by molar-refractivity contribution is -0.135. The first-order valence-corrected chi connectivity index (χ1v) is 10.9. The molecule has 1 aromatic rings. The van der Waals surface area contributed by atoms with Gasteiger partial charge in [0.1, 0.15) is 0 Å². The lowest BCUT2D eigenvalue weighted by Gasteiger charge is -2.24. The molecule has 0 spiro atoms. The highest BCUT2D eigenvalue weighted by atomic mass is 79.9. The molecule has 2 amide bonds. The van der Waals surface area contributed by atoms with Crippen LogP contribution >= 0.6 is 15.9 Å². The lowest BCUT2D eigenvalue weighted by atomic mass is 10.1. The smallest absolute Gasteiger partial charge is 0.228 e. The van der Waals surface area contributed by atoms with Crippen molar-refractivity contribution in [1.82, 2.24) is 9.80 Å². The Morgan fingerprint density at radius 3 is 2.72 bits per heavy atom. The first kappa shape index (κ1) is 18.4. The molecule has 1 aromatic carbocycles. The third-order valence-electron chi connectivity index (χ3n) is 4.90. The number of halogens is 1. The van der Waals surface area contributed by atoms with Crippen LogP contribution in [0.5, 0.6) is 0 Å². The second-order valence-electron chi connectivity index (χ2n) is 6.79. The SMILES string of the molecule is CN(Cc1ccccc1Br)C(=O)C1CC(=O)N(C2CCS(=O)(=O)C2)C1. The molecule has 136 valence electrons. The fourth-order valence-electron chi connectivity index (χ4n) is 3.54. The minimum absolute atomic E-state index is 0.0203. The first-order chi connectivity index (χ1) is 11.8. The zero-order valence-electron chi connectivity index (χ0n) is 14.0. The number of hydrogen-bond acceptors (Lipinski definition) is 4. The maximum Gasteiger partial charge on any atom is 0.228 e. The van der Waals surface area contributed by atoms with Gasteiger partial charge in [0, 0.05) is 37.1 Å². The van der Waals surface area contributed by atoms with Crippen molar-refractivity contribution >= 4 is 37.6 Å². The zero-order valence-corrected chi connectivity index (χ0v) is 16.4. The van der Waals surface area contributed by atoms with Crippen LogP contribution in [0.4, 0.5) is 0 Å². The van der Waals surface area contributed by atoms with Crippen molar-refractivity contribution in [3.8, 4) is 0 Å². The molecule has 2 unspecified atom stereocenters. The Morgan fingerprint density at radius 2 is 2.08 bits per heavy atom. The maximum atomic E-state index is 12.7. The fraction of sp³-hybridized carbons (Fsp3) is 0.529. The second kappa shape index (κ2) is 7.07. The summed E-state index contributed by atoms with van der Waals surface area (Å²) in [7, 11) is -1.32. The Morgan fingerprint density at radius 1 is 1.36 bits per heavy atom. The largest absolute Gasteiger partial charge is 0.341 e. The molecule has 0 radical (unpaired) electrons. The number of sulfone groups is 1. The third kappa shape index (κ3) is 4.06. The van der Waals surface area contributed by atoms with Crippen LogP contribution in [0, 0.1) is 5.92 Å². The molecule has 0 saturated carbocycles. The molecular formula is C17H21BrN2O4S. The summed E-state index contributed by atoms with van der Waals surface area (Å²) in [6, 6.07) is 7.43. The summed E-state index contributed by atoms with van der Waals surface area (Å²) in [4.78, 5) is 28.2. The van der Waals surface area contributed by atoms with Crippen LogP contribution in [-0.4, -0.2) is 61.2 Å². The van der Waals surface area contributed by atoms with E-state index in [9.17, 15) is 18.0 Å². The summed E-state index contributed by atoms with van der Waals surface area (Å²) in [6.07, 6.45) is 0.636. The van der Waals surface area contributed by atoms with Crippen molar-refractivity contribution in [1.29, 1.82) is 0 Å². The number of hydrogen-bond donors (Lipinski definition) is 0. The van der Waals surface area contributed by atoms with Crippen molar-refractivity contribution in [3.05, 3.63) is 34.3 Å². The van der Waals surface area contributed by atoms with Gasteiger partial charge in [0.2, 0.25) is 11.8 Å². The van der Waals surface area contributed by atoms with Gasteiger partial charge in [-0.1, -0.05) is 34.1 Å². The lowest BCUT2D eigenvalue weighted by Crippen LogP contribution is -2.39. The highest BCUT2D eigenvalue weighted by molar-refractivity contribution is 9.10. The van der Waals surface area contributed by atoms with Crippen molar-refractivity contribution in [2.45, 2.75) is 25.4 Å². The minimum atomic E-state index is -3.05. The Balaban J connectivity index is 1.63. The molecule has 0 aromatic heterocycles. The van der Waals surface area contributed by atoms with E-state index in [1.807, 2.05) is 24.3 Å². The molecule has 2 atom stereocenters. The van der Waals surface area contributed by atoms with Gasteiger partial charge in [0.25, 0.3) is 0 Å². The summed E-state index contributed by atoms with van der Waals surface area (Å²) >= 11 is 3.47. The van der Waals surface area contributed by atoms with E-state index in [1.54, 1.807) is 16.8 Å². The molecule has 0 bridgehead atoms. The predicted molar refractivity (Wildman–Crippen MR) is 97.5 cm³/mol. The van der Waals surface area contributed by atoms with Crippen LogP contribution in [0.3, 0.4) is 0 Å². The summed E-state index contributed by atoms with van der Waals surface area (Å²) in [5.74, 6) is -0.445. The Labute approximate surface area is 156 Å². The molecule has 0 aliphatic carbocycles. The van der Waals surface area contributed by atoms with E-state index in [0.717, 1.165) is 10.0 Å². The quantitative estimate of drug-likeness (QED) is 0.726. The van der Waals surface area contributed by atoms with Crippen molar-refractivity contribution < 1.29 is 18.0 Å². The zero-order chi connectivity index (χ0) is 18.2. The molecule has 2 aliphatic heterocycles. The van der Waals surface area contributed by atoms with E-state index in [2.05, 4.69) is 15.9 Å². The molecular weight excluding hydrogens is 408 g/mol. The Hall–Kier alpha value is -1.41. The minimum Gasteiger partial charge on any atom is -0.341 e. The fourth-order valence-corrected chi connectivity index (χ4v) is 5.68. The van der Waals surface area contributed by atoms with E-state index in [4.69, 9.17) is 0 Å². The van der Waals surface area contributed by atoms with Crippen molar-refractivity contribution in [3.63, 3.8) is 0 Å². The number of amides is 2. The van der Waals surface area contributed by atoms with Gasteiger partial charge in [-0.05, 0) is 18.1 Å².